The lowest BCUT2D eigenvalue weighted by Gasteiger charge is -2.35. The van der Waals surface area contributed by atoms with Gasteiger partial charge in [0.2, 0.25) is 3.79 Å². The lowest BCUT2D eigenvalue weighted by atomic mass is 9.87. The maximum Gasteiger partial charge on any atom is 0.227 e. The Hall–Kier alpha value is -0.000000000000000111. The predicted octanol–water partition coefficient (Wildman–Crippen LogP) is 5.59. The average Bonchev–Trinajstić information content (AvgIpc) is 2.46. The Morgan fingerprint density at radius 1 is 0.792 bits per heavy atom. The molecule has 2 nitrogen and oxygen atoms in total. The van der Waals surface area contributed by atoms with Crippen LogP contribution in [0.4, 0.5) is 0 Å². The van der Waals surface area contributed by atoms with E-state index in [1.54, 1.807) is 61.0 Å². The second-order valence-corrected chi connectivity index (χ2v) is 9.60. The molecule has 0 fully saturated rings. The smallest absolute Gasteiger partial charge is 0.227 e. The van der Waals surface area contributed by atoms with E-state index in [0.29, 0.717) is 21.2 Å². The van der Waals surface area contributed by atoms with Gasteiger partial charge in [0.1, 0.15) is 0 Å². The molecule has 0 aliphatic carbocycles. The molecule has 0 aliphatic rings. The van der Waals surface area contributed by atoms with E-state index in [1.165, 1.54) is 0 Å². The third-order valence-electron chi connectivity index (χ3n) is 2.93. The predicted molar refractivity (Wildman–Crippen MR) is 106 cm³/mol. The second-order valence-electron chi connectivity index (χ2n) is 4.96. The van der Waals surface area contributed by atoms with Crippen LogP contribution >= 0.6 is 58.0 Å². The Bertz CT molecular complexity index is 632. The van der Waals surface area contributed by atoms with E-state index in [9.17, 15) is 9.32 Å². The molecular weight excluding hydrogens is 434 g/mol. The van der Waals surface area contributed by atoms with Crippen molar-refractivity contribution in [2.45, 2.75) is 9.39 Å². The van der Waals surface area contributed by atoms with Crippen LogP contribution in [0.5, 0.6) is 0 Å². The molecule has 0 aromatic heterocycles. The molecule has 0 amide bonds. The van der Waals surface area contributed by atoms with Gasteiger partial charge in [0.05, 0.1) is 0 Å². The number of aliphatic hydroxyl groups is 1. The van der Waals surface area contributed by atoms with E-state index in [4.69, 9.17) is 58.0 Å². The maximum atomic E-state index is 11.0. The van der Waals surface area contributed by atoms with Crippen molar-refractivity contribution in [1.82, 2.24) is 0 Å². The molecule has 0 bridgehead atoms. The summed E-state index contributed by atoms with van der Waals surface area (Å²) in [4.78, 5) is 0. The zero-order valence-electron chi connectivity index (χ0n) is 12.8. The Kier molecular flexibility index (Phi) is 8.35. The molecule has 0 spiro atoms. The standard InChI is InChI=1S/C14H9Cl5O.C2H6OS/c15-11-5-1-9(2-6-11)13(20,14(17,18)19)10-3-7-12(16)8-4-10;1-4(2)3/h1-8,20H;1-2H3. The highest BCUT2D eigenvalue weighted by Crippen LogP contribution is 2.49. The summed E-state index contributed by atoms with van der Waals surface area (Å²) in [6, 6.07) is 12.9. The highest BCUT2D eigenvalue weighted by Gasteiger charge is 2.49. The minimum atomic E-state index is -1.96. The van der Waals surface area contributed by atoms with Gasteiger partial charge in [0.15, 0.2) is 5.60 Å². The molecule has 0 aliphatic heterocycles. The number of hydrogen-bond donors (Lipinski definition) is 1. The van der Waals surface area contributed by atoms with Gasteiger partial charge in [0.25, 0.3) is 0 Å². The lowest BCUT2D eigenvalue weighted by Crippen LogP contribution is -2.41. The van der Waals surface area contributed by atoms with E-state index in [0.717, 1.165) is 0 Å². The highest BCUT2D eigenvalue weighted by atomic mass is 35.6. The molecule has 8 heteroatoms. The molecule has 2 rings (SSSR count). The molecule has 0 radical (unpaired) electrons. The van der Waals surface area contributed by atoms with Crippen LogP contribution in [0.2, 0.25) is 10.0 Å². The Labute approximate surface area is 169 Å². The Morgan fingerprint density at radius 3 is 1.25 bits per heavy atom. The van der Waals surface area contributed by atoms with Crippen molar-refractivity contribution < 1.29 is 9.32 Å². The summed E-state index contributed by atoms with van der Waals surface area (Å²) in [7, 11) is -0.611. The molecule has 0 heterocycles. The molecule has 1 N–H and O–H groups in total. The molecule has 24 heavy (non-hydrogen) atoms. The van der Waals surface area contributed by atoms with Crippen molar-refractivity contribution >= 4 is 68.8 Å². The van der Waals surface area contributed by atoms with Crippen LogP contribution in [-0.4, -0.2) is 25.6 Å². The molecule has 0 atom stereocenters. The summed E-state index contributed by atoms with van der Waals surface area (Å²) < 4.78 is 7.59. The summed E-state index contributed by atoms with van der Waals surface area (Å²) in [6.07, 6.45) is 3.28. The molecule has 2 aromatic rings. The van der Waals surface area contributed by atoms with Crippen LogP contribution in [0.1, 0.15) is 11.1 Å². The first-order chi connectivity index (χ1) is 11.0. The number of rotatable bonds is 2. The minimum Gasteiger partial charge on any atom is -0.376 e. The van der Waals surface area contributed by atoms with E-state index in [-0.39, 0.29) is 0 Å². The van der Waals surface area contributed by atoms with Crippen LogP contribution in [0.3, 0.4) is 0 Å². The fraction of sp³-hybridized carbons (Fsp3) is 0.250. The molecule has 0 saturated heterocycles. The number of alkyl halides is 3. The Balaban J connectivity index is 0.000000648. The third-order valence-corrected chi connectivity index (χ3v) is 4.26. The number of hydrogen-bond acceptors (Lipinski definition) is 2. The van der Waals surface area contributed by atoms with Crippen LogP contribution in [0.25, 0.3) is 0 Å². The first-order valence-electron chi connectivity index (χ1n) is 6.54. The molecule has 0 saturated carbocycles. The molecular formula is C16H15Cl5O2S. The summed E-state index contributed by atoms with van der Waals surface area (Å²) in [5.41, 5.74) is -0.972. The summed E-state index contributed by atoms with van der Waals surface area (Å²) in [5, 5.41) is 12.0. The van der Waals surface area contributed by atoms with Crippen molar-refractivity contribution in [1.29, 1.82) is 0 Å². The normalized spacial score (nSPS) is 11.9. The van der Waals surface area contributed by atoms with Crippen molar-refractivity contribution in [3.63, 3.8) is 0 Å². The number of halogens is 5. The van der Waals surface area contributed by atoms with E-state index in [2.05, 4.69) is 0 Å². The van der Waals surface area contributed by atoms with Gasteiger partial charge >= 0.3 is 0 Å². The van der Waals surface area contributed by atoms with Gasteiger partial charge in [-0.3, -0.25) is 4.21 Å². The van der Waals surface area contributed by atoms with Gasteiger partial charge in [-0.05, 0) is 35.4 Å². The van der Waals surface area contributed by atoms with Crippen molar-refractivity contribution in [3.8, 4) is 0 Å². The fourth-order valence-electron chi connectivity index (χ4n) is 1.88. The van der Waals surface area contributed by atoms with Crippen LogP contribution in [0.15, 0.2) is 48.5 Å². The number of benzene rings is 2. The van der Waals surface area contributed by atoms with Crippen LogP contribution in [0, 0.1) is 0 Å². The van der Waals surface area contributed by atoms with E-state index in [1.807, 2.05) is 0 Å². The zero-order valence-corrected chi connectivity index (χ0v) is 17.4. The Morgan fingerprint density at radius 2 is 1.04 bits per heavy atom. The first kappa shape index (κ1) is 22.0. The summed E-state index contributed by atoms with van der Waals surface area (Å²) in [6.45, 7) is 0. The molecule has 2 aromatic carbocycles. The molecule has 132 valence electrons. The van der Waals surface area contributed by atoms with Gasteiger partial charge in [-0.1, -0.05) is 82.3 Å². The lowest BCUT2D eigenvalue weighted by molar-refractivity contribution is 0.0850. The van der Waals surface area contributed by atoms with Gasteiger partial charge < -0.3 is 5.11 Å². The van der Waals surface area contributed by atoms with Crippen molar-refractivity contribution in [2.24, 2.45) is 0 Å². The SMILES string of the molecule is CS(C)=O.OC(c1ccc(Cl)cc1)(c1ccc(Cl)cc1)C(Cl)(Cl)Cl. The fourth-order valence-corrected chi connectivity index (χ4v) is 2.78. The van der Waals surface area contributed by atoms with Crippen LogP contribution in [-0.2, 0) is 16.4 Å². The first-order valence-corrected chi connectivity index (χ1v) is 10.4. The van der Waals surface area contributed by atoms with Crippen molar-refractivity contribution in [3.05, 3.63) is 69.7 Å². The molecule has 0 unspecified atom stereocenters. The van der Waals surface area contributed by atoms with E-state index >= 15 is 0 Å². The van der Waals surface area contributed by atoms with Crippen molar-refractivity contribution in [2.75, 3.05) is 12.5 Å². The maximum absolute atomic E-state index is 11.0. The highest BCUT2D eigenvalue weighted by molar-refractivity contribution is 7.83. The summed E-state index contributed by atoms with van der Waals surface area (Å²) >= 11 is 29.7. The van der Waals surface area contributed by atoms with Gasteiger partial charge in [-0.2, -0.15) is 0 Å². The summed E-state index contributed by atoms with van der Waals surface area (Å²) in [5.74, 6) is 0. The van der Waals surface area contributed by atoms with Crippen LogP contribution < -0.4 is 0 Å². The quantitative estimate of drug-likeness (QED) is 0.608. The average molecular weight is 449 g/mol. The topological polar surface area (TPSA) is 37.3 Å². The largest absolute Gasteiger partial charge is 0.376 e. The second kappa shape index (κ2) is 9.09. The van der Waals surface area contributed by atoms with E-state index < -0.39 is 20.2 Å². The zero-order chi connectivity index (χ0) is 18.5. The minimum absolute atomic E-state index is 0.421. The third kappa shape index (κ3) is 5.77. The monoisotopic (exact) mass is 446 g/mol. The van der Waals surface area contributed by atoms with Gasteiger partial charge in [-0.15, -0.1) is 0 Å². The van der Waals surface area contributed by atoms with Gasteiger partial charge in [-0.25, -0.2) is 0 Å². The van der Waals surface area contributed by atoms with Gasteiger partial charge in [0, 0.05) is 33.4 Å².